The molecule has 1 aliphatic rings. The number of hydrogen-bond acceptors (Lipinski definition) is 5. The topological polar surface area (TPSA) is 51.1 Å². The molecule has 0 saturated carbocycles. The molecule has 4 aromatic rings. The van der Waals surface area contributed by atoms with Gasteiger partial charge in [-0.15, -0.1) is 0 Å². The Labute approximate surface area is 170 Å². The number of fused-ring (bicyclic) bond motifs is 2. The molecule has 1 atom stereocenters. The summed E-state index contributed by atoms with van der Waals surface area (Å²) < 4.78 is 6.47. The summed E-state index contributed by atoms with van der Waals surface area (Å²) >= 11 is 0. The van der Waals surface area contributed by atoms with Crippen molar-refractivity contribution in [1.82, 2.24) is 20.1 Å². The number of benzene rings is 2. The molecule has 5 heteroatoms. The second-order valence-corrected chi connectivity index (χ2v) is 7.51. The van der Waals surface area contributed by atoms with Gasteiger partial charge in [-0.25, -0.2) is 0 Å². The first-order valence-corrected chi connectivity index (χ1v) is 9.87. The third-order valence-corrected chi connectivity index (χ3v) is 5.43. The molecule has 2 aromatic heterocycles. The summed E-state index contributed by atoms with van der Waals surface area (Å²) in [6, 6.07) is 20.6. The second kappa shape index (κ2) is 7.60. The maximum atomic E-state index is 6.47. The third-order valence-electron chi connectivity index (χ3n) is 5.43. The van der Waals surface area contributed by atoms with Crippen molar-refractivity contribution in [3.8, 4) is 17.0 Å². The van der Waals surface area contributed by atoms with E-state index in [9.17, 15) is 0 Å². The fourth-order valence-electron chi connectivity index (χ4n) is 3.94. The van der Waals surface area contributed by atoms with E-state index < -0.39 is 0 Å². The summed E-state index contributed by atoms with van der Waals surface area (Å²) in [6.07, 6.45) is 4.46. The number of hydrogen-bond donors (Lipinski definition) is 0. The summed E-state index contributed by atoms with van der Waals surface area (Å²) in [5.74, 6) is 0.856. The molecule has 5 nitrogen and oxygen atoms in total. The van der Waals surface area contributed by atoms with Gasteiger partial charge in [0.2, 0.25) is 0 Å². The van der Waals surface area contributed by atoms with Gasteiger partial charge in [0.05, 0.1) is 11.2 Å². The number of rotatable bonds is 3. The summed E-state index contributed by atoms with van der Waals surface area (Å²) in [5.41, 5.74) is 5.44. The van der Waals surface area contributed by atoms with Crippen molar-refractivity contribution < 1.29 is 4.74 Å². The number of ether oxygens (including phenoxy) is 1. The molecular formula is C24H22N4O. The maximum absolute atomic E-state index is 6.47. The first-order valence-electron chi connectivity index (χ1n) is 9.87. The molecule has 29 heavy (non-hydrogen) atoms. The lowest BCUT2D eigenvalue weighted by atomic mass is 9.97. The van der Waals surface area contributed by atoms with Gasteiger partial charge in [-0.3, -0.25) is 4.98 Å². The molecule has 0 bridgehead atoms. The molecule has 1 unspecified atom stereocenters. The van der Waals surface area contributed by atoms with Gasteiger partial charge >= 0.3 is 0 Å². The summed E-state index contributed by atoms with van der Waals surface area (Å²) in [6.45, 7) is 1.87. The molecule has 0 saturated heterocycles. The Balaban J connectivity index is 1.49. The quantitative estimate of drug-likeness (QED) is 0.516. The van der Waals surface area contributed by atoms with E-state index in [1.165, 1.54) is 11.1 Å². The molecule has 5 rings (SSSR count). The zero-order chi connectivity index (χ0) is 19.6. The maximum Gasteiger partial charge on any atom is 0.125 e. The van der Waals surface area contributed by atoms with Crippen molar-refractivity contribution in [1.29, 1.82) is 0 Å². The Morgan fingerprint density at radius 2 is 1.93 bits per heavy atom. The highest BCUT2D eigenvalue weighted by atomic mass is 16.5. The molecule has 0 spiro atoms. The van der Waals surface area contributed by atoms with Gasteiger partial charge in [0, 0.05) is 48.9 Å². The summed E-state index contributed by atoms with van der Waals surface area (Å²) in [5, 5.41) is 9.39. The number of aromatic nitrogens is 3. The molecule has 3 heterocycles. The van der Waals surface area contributed by atoms with Gasteiger partial charge in [0.15, 0.2) is 0 Å². The van der Waals surface area contributed by atoms with Gasteiger partial charge in [-0.05, 0) is 54.6 Å². The fourth-order valence-corrected chi connectivity index (χ4v) is 3.94. The van der Waals surface area contributed by atoms with E-state index in [1.807, 2.05) is 36.5 Å². The minimum absolute atomic E-state index is 0.00650. The first kappa shape index (κ1) is 17.8. The highest BCUT2D eigenvalue weighted by Gasteiger charge is 2.23. The van der Waals surface area contributed by atoms with E-state index >= 15 is 0 Å². The average molecular weight is 382 g/mol. The van der Waals surface area contributed by atoms with Crippen LogP contribution in [0.3, 0.4) is 0 Å². The SMILES string of the molecule is CN1CCC(Oc2ccc3cccnc3c2)c2ccc(-c3cccnn3)cc2C1. The van der Waals surface area contributed by atoms with Crippen LogP contribution in [0.15, 0.2) is 73.1 Å². The van der Waals surface area contributed by atoms with E-state index in [1.54, 1.807) is 6.20 Å². The van der Waals surface area contributed by atoms with Crippen LogP contribution in [0, 0.1) is 0 Å². The summed E-state index contributed by atoms with van der Waals surface area (Å²) in [4.78, 5) is 6.79. The third kappa shape index (κ3) is 3.69. The lowest BCUT2D eigenvalue weighted by molar-refractivity contribution is 0.183. The predicted octanol–water partition coefficient (Wildman–Crippen LogP) is 4.65. The molecule has 0 fully saturated rings. The molecule has 0 amide bonds. The molecule has 144 valence electrons. The lowest BCUT2D eigenvalue weighted by Gasteiger charge is -2.20. The molecule has 0 radical (unpaired) electrons. The number of nitrogens with zero attached hydrogens (tertiary/aromatic N) is 4. The van der Waals surface area contributed by atoms with Gasteiger partial charge < -0.3 is 9.64 Å². The van der Waals surface area contributed by atoms with Crippen molar-refractivity contribution in [3.63, 3.8) is 0 Å². The second-order valence-electron chi connectivity index (χ2n) is 7.51. The Kier molecular flexibility index (Phi) is 4.66. The summed E-state index contributed by atoms with van der Waals surface area (Å²) in [7, 11) is 2.15. The van der Waals surface area contributed by atoms with Crippen LogP contribution in [0.2, 0.25) is 0 Å². The fraction of sp³-hybridized carbons (Fsp3) is 0.208. The van der Waals surface area contributed by atoms with Crippen LogP contribution in [0.4, 0.5) is 0 Å². The molecule has 2 aromatic carbocycles. The van der Waals surface area contributed by atoms with Gasteiger partial charge in [-0.1, -0.05) is 18.2 Å². The van der Waals surface area contributed by atoms with Crippen LogP contribution >= 0.6 is 0 Å². The van der Waals surface area contributed by atoms with Crippen LogP contribution in [0.1, 0.15) is 23.7 Å². The van der Waals surface area contributed by atoms with E-state index in [2.05, 4.69) is 57.5 Å². The minimum Gasteiger partial charge on any atom is -0.486 e. The normalized spacial score (nSPS) is 16.9. The van der Waals surface area contributed by atoms with Gasteiger partial charge in [-0.2, -0.15) is 10.2 Å². The van der Waals surface area contributed by atoms with Crippen molar-refractivity contribution in [2.45, 2.75) is 19.1 Å². The van der Waals surface area contributed by atoms with Crippen LogP contribution in [0.25, 0.3) is 22.2 Å². The molecule has 1 aliphatic heterocycles. The van der Waals surface area contributed by atoms with Crippen molar-refractivity contribution in [3.05, 3.63) is 84.2 Å². The largest absolute Gasteiger partial charge is 0.486 e. The lowest BCUT2D eigenvalue weighted by Crippen LogP contribution is -2.18. The van der Waals surface area contributed by atoms with E-state index in [-0.39, 0.29) is 6.10 Å². The smallest absolute Gasteiger partial charge is 0.125 e. The molecular weight excluding hydrogens is 360 g/mol. The van der Waals surface area contributed by atoms with Crippen LogP contribution in [-0.2, 0) is 6.54 Å². The molecule has 0 N–H and O–H groups in total. The Hall–Kier alpha value is -3.31. The highest BCUT2D eigenvalue weighted by molar-refractivity contribution is 5.79. The first-order chi connectivity index (χ1) is 14.3. The zero-order valence-corrected chi connectivity index (χ0v) is 16.3. The highest BCUT2D eigenvalue weighted by Crippen LogP contribution is 2.33. The zero-order valence-electron chi connectivity index (χ0n) is 16.3. The number of pyridine rings is 1. The molecule has 0 aliphatic carbocycles. The van der Waals surface area contributed by atoms with E-state index in [4.69, 9.17) is 4.74 Å². The Morgan fingerprint density at radius 1 is 1.00 bits per heavy atom. The van der Waals surface area contributed by atoms with Crippen molar-refractivity contribution in [2.24, 2.45) is 0 Å². The minimum atomic E-state index is 0.00650. The van der Waals surface area contributed by atoms with Crippen LogP contribution < -0.4 is 4.74 Å². The van der Waals surface area contributed by atoms with Crippen LogP contribution in [-0.4, -0.2) is 33.7 Å². The predicted molar refractivity (Wildman–Crippen MR) is 114 cm³/mol. The standard InChI is InChI=1S/C24H22N4O/c1-28-13-10-24(29-20-8-6-17-4-2-11-25-23(17)15-20)21-9-7-18(14-19(21)16-28)22-5-3-12-26-27-22/h2-9,11-12,14-15,24H,10,13,16H2,1H3. The van der Waals surface area contributed by atoms with Crippen LogP contribution in [0.5, 0.6) is 5.75 Å². The van der Waals surface area contributed by atoms with E-state index in [0.717, 1.165) is 47.4 Å². The van der Waals surface area contributed by atoms with Crippen molar-refractivity contribution >= 4 is 10.9 Å². The van der Waals surface area contributed by atoms with Gasteiger partial charge in [0.1, 0.15) is 11.9 Å². The van der Waals surface area contributed by atoms with Gasteiger partial charge in [0.25, 0.3) is 0 Å². The average Bonchev–Trinajstić information content (AvgIpc) is 2.92. The Morgan fingerprint density at radius 3 is 2.83 bits per heavy atom. The Bertz CT molecular complexity index is 1150. The van der Waals surface area contributed by atoms with E-state index in [0.29, 0.717) is 0 Å². The van der Waals surface area contributed by atoms with Crippen molar-refractivity contribution in [2.75, 3.05) is 13.6 Å². The monoisotopic (exact) mass is 382 g/mol.